The Hall–Kier alpha value is -0.780. The molecule has 0 bridgehead atoms. The molecule has 0 spiro atoms. The van der Waals surface area contributed by atoms with E-state index in [1.54, 1.807) is 12.1 Å². The number of rotatable bonds is 2. The van der Waals surface area contributed by atoms with Crippen LogP contribution in [0.1, 0.15) is 17.3 Å². The van der Waals surface area contributed by atoms with Crippen LogP contribution in [0.4, 0.5) is 5.69 Å². The van der Waals surface area contributed by atoms with Crippen LogP contribution >= 0.6 is 22.6 Å². The first kappa shape index (κ1) is 10.3. The number of nitrogen functional groups attached to an aromatic ring is 1. The first-order chi connectivity index (χ1) is 6.06. The summed E-state index contributed by atoms with van der Waals surface area (Å²) in [5.74, 6) is 0.514. The molecule has 0 atom stereocenters. The average Bonchev–Trinajstić information content (AvgIpc) is 2.08. The lowest BCUT2D eigenvalue weighted by Gasteiger charge is -2.07. The number of halogens is 1. The number of methoxy groups -OCH3 is 1. The van der Waals surface area contributed by atoms with Gasteiger partial charge < -0.3 is 10.5 Å². The molecule has 13 heavy (non-hydrogen) atoms. The maximum absolute atomic E-state index is 11.2. The van der Waals surface area contributed by atoms with E-state index in [0.29, 0.717) is 17.0 Å². The smallest absolute Gasteiger partial charge is 0.163 e. The van der Waals surface area contributed by atoms with Crippen LogP contribution in [-0.4, -0.2) is 12.9 Å². The minimum Gasteiger partial charge on any atom is -0.496 e. The van der Waals surface area contributed by atoms with E-state index >= 15 is 0 Å². The van der Waals surface area contributed by atoms with E-state index in [1.165, 1.54) is 14.0 Å². The van der Waals surface area contributed by atoms with Crippen LogP contribution in [-0.2, 0) is 0 Å². The van der Waals surface area contributed by atoms with Gasteiger partial charge in [0.25, 0.3) is 0 Å². The number of benzene rings is 1. The fraction of sp³-hybridized carbons (Fsp3) is 0.222. The van der Waals surface area contributed by atoms with Crippen molar-refractivity contribution in [1.82, 2.24) is 0 Å². The van der Waals surface area contributed by atoms with Crippen LogP contribution in [0.2, 0.25) is 0 Å². The summed E-state index contributed by atoms with van der Waals surface area (Å²) in [4.78, 5) is 11.2. The molecule has 4 heteroatoms. The monoisotopic (exact) mass is 291 g/mol. The van der Waals surface area contributed by atoms with Gasteiger partial charge in [0.1, 0.15) is 5.75 Å². The molecule has 0 aliphatic rings. The van der Waals surface area contributed by atoms with E-state index < -0.39 is 0 Å². The van der Waals surface area contributed by atoms with Gasteiger partial charge in [-0.1, -0.05) is 0 Å². The summed E-state index contributed by atoms with van der Waals surface area (Å²) >= 11 is 2.08. The number of hydrogen-bond acceptors (Lipinski definition) is 3. The molecule has 0 aromatic heterocycles. The molecule has 70 valence electrons. The predicted molar refractivity (Wildman–Crippen MR) is 60.1 cm³/mol. The summed E-state index contributed by atoms with van der Waals surface area (Å²) in [6.45, 7) is 1.50. The number of carbonyl (C=O) groups excluding carboxylic acids is 1. The highest BCUT2D eigenvalue weighted by Gasteiger charge is 2.10. The SMILES string of the molecule is COc1cc(N)c(I)cc1C(C)=O. The molecular formula is C9H10INO2. The number of Topliss-reactive ketones (excluding diaryl/α,β-unsaturated/α-hetero) is 1. The Bertz CT molecular complexity index is 350. The first-order valence-corrected chi connectivity index (χ1v) is 4.78. The number of ether oxygens (including phenoxy) is 1. The second kappa shape index (κ2) is 3.95. The largest absolute Gasteiger partial charge is 0.496 e. The molecule has 2 N–H and O–H groups in total. The highest BCUT2D eigenvalue weighted by atomic mass is 127. The molecule has 3 nitrogen and oxygen atoms in total. The quantitative estimate of drug-likeness (QED) is 0.515. The topological polar surface area (TPSA) is 52.3 Å². The molecule has 0 saturated carbocycles. The van der Waals surface area contributed by atoms with E-state index in [2.05, 4.69) is 22.6 Å². The highest BCUT2D eigenvalue weighted by Crippen LogP contribution is 2.26. The molecule has 0 saturated heterocycles. The minimum absolute atomic E-state index is 0.0187. The van der Waals surface area contributed by atoms with E-state index in [1.807, 2.05) is 0 Å². The van der Waals surface area contributed by atoms with E-state index in [4.69, 9.17) is 10.5 Å². The van der Waals surface area contributed by atoms with Gasteiger partial charge in [-0.05, 0) is 35.6 Å². The fourth-order valence-electron chi connectivity index (χ4n) is 1.01. The molecule has 0 heterocycles. The maximum Gasteiger partial charge on any atom is 0.163 e. The highest BCUT2D eigenvalue weighted by molar-refractivity contribution is 14.1. The second-order valence-electron chi connectivity index (χ2n) is 2.63. The number of hydrogen-bond donors (Lipinski definition) is 1. The zero-order valence-electron chi connectivity index (χ0n) is 7.43. The summed E-state index contributed by atoms with van der Waals surface area (Å²) in [6.07, 6.45) is 0. The average molecular weight is 291 g/mol. The van der Waals surface area contributed by atoms with Gasteiger partial charge in [-0.2, -0.15) is 0 Å². The van der Waals surface area contributed by atoms with Crippen LogP contribution in [0, 0.1) is 3.57 Å². The van der Waals surface area contributed by atoms with Crippen molar-refractivity contribution in [3.8, 4) is 5.75 Å². The molecule has 0 unspecified atom stereocenters. The van der Waals surface area contributed by atoms with Gasteiger partial charge in [0.2, 0.25) is 0 Å². The molecule has 1 aromatic rings. The lowest BCUT2D eigenvalue weighted by atomic mass is 10.1. The summed E-state index contributed by atoms with van der Waals surface area (Å²) in [5.41, 5.74) is 6.86. The summed E-state index contributed by atoms with van der Waals surface area (Å²) in [7, 11) is 1.52. The fourth-order valence-corrected chi connectivity index (χ4v) is 1.48. The van der Waals surface area contributed by atoms with Gasteiger partial charge in [-0.15, -0.1) is 0 Å². The molecular weight excluding hydrogens is 281 g/mol. The van der Waals surface area contributed by atoms with Crippen LogP contribution in [0.25, 0.3) is 0 Å². The van der Waals surface area contributed by atoms with Crippen LogP contribution < -0.4 is 10.5 Å². The molecule has 0 amide bonds. The van der Waals surface area contributed by atoms with Gasteiger partial charge in [-0.3, -0.25) is 4.79 Å². The molecule has 0 fully saturated rings. The molecule has 0 aliphatic carbocycles. The Kier molecular flexibility index (Phi) is 3.13. The third kappa shape index (κ3) is 2.12. The predicted octanol–water partition coefficient (Wildman–Crippen LogP) is 2.08. The Morgan fingerprint density at radius 1 is 1.54 bits per heavy atom. The molecule has 1 rings (SSSR count). The van der Waals surface area contributed by atoms with Crippen molar-refractivity contribution in [2.45, 2.75) is 6.92 Å². The Labute approximate surface area is 90.4 Å². The second-order valence-corrected chi connectivity index (χ2v) is 3.79. The van der Waals surface area contributed by atoms with Crippen LogP contribution in [0.3, 0.4) is 0 Å². The third-order valence-corrected chi connectivity index (χ3v) is 2.63. The normalized spacial score (nSPS) is 9.77. The van der Waals surface area contributed by atoms with Gasteiger partial charge in [0.15, 0.2) is 5.78 Å². The van der Waals surface area contributed by atoms with Gasteiger partial charge in [0.05, 0.1) is 12.7 Å². The zero-order chi connectivity index (χ0) is 10.0. The molecule has 1 aromatic carbocycles. The molecule has 0 radical (unpaired) electrons. The third-order valence-electron chi connectivity index (χ3n) is 1.70. The van der Waals surface area contributed by atoms with Crippen molar-refractivity contribution in [2.75, 3.05) is 12.8 Å². The van der Waals surface area contributed by atoms with Crippen LogP contribution in [0.5, 0.6) is 5.75 Å². The van der Waals surface area contributed by atoms with E-state index in [0.717, 1.165) is 3.57 Å². The molecule has 0 aliphatic heterocycles. The van der Waals surface area contributed by atoms with E-state index in [-0.39, 0.29) is 5.78 Å². The van der Waals surface area contributed by atoms with Crippen molar-refractivity contribution >= 4 is 34.1 Å². The number of ketones is 1. The maximum atomic E-state index is 11.2. The standard InChI is InChI=1S/C9H10INO2/c1-5(12)6-3-7(10)8(11)4-9(6)13-2/h3-4H,11H2,1-2H3. The summed E-state index contributed by atoms with van der Waals surface area (Å²) in [5, 5.41) is 0. The summed E-state index contributed by atoms with van der Waals surface area (Å²) < 4.78 is 5.90. The zero-order valence-corrected chi connectivity index (χ0v) is 9.58. The van der Waals surface area contributed by atoms with E-state index in [9.17, 15) is 4.79 Å². The Balaban J connectivity index is 3.33. The van der Waals surface area contributed by atoms with Gasteiger partial charge in [0, 0.05) is 15.3 Å². The van der Waals surface area contributed by atoms with Crippen LogP contribution in [0.15, 0.2) is 12.1 Å². The first-order valence-electron chi connectivity index (χ1n) is 3.70. The summed E-state index contributed by atoms with van der Waals surface area (Å²) in [6, 6.07) is 3.40. The van der Waals surface area contributed by atoms with Gasteiger partial charge in [-0.25, -0.2) is 0 Å². The lowest BCUT2D eigenvalue weighted by molar-refractivity contribution is 0.101. The van der Waals surface area contributed by atoms with Crippen molar-refractivity contribution in [1.29, 1.82) is 0 Å². The Morgan fingerprint density at radius 3 is 2.62 bits per heavy atom. The Morgan fingerprint density at radius 2 is 2.15 bits per heavy atom. The lowest BCUT2D eigenvalue weighted by Crippen LogP contribution is -2.00. The number of anilines is 1. The van der Waals surface area contributed by atoms with Crippen molar-refractivity contribution in [3.05, 3.63) is 21.3 Å². The minimum atomic E-state index is -0.0187. The van der Waals surface area contributed by atoms with Crippen molar-refractivity contribution in [3.63, 3.8) is 0 Å². The van der Waals surface area contributed by atoms with Crippen molar-refractivity contribution < 1.29 is 9.53 Å². The number of nitrogens with two attached hydrogens (primary N) is 1. The van der Waals surface area contributed by atoms with Crippen molar-refractivity contribution in [2.24, 2.45) is 0 Å². The van der Waals surface area contributed by atoms with Gasteiger partial charge >= 0.3 is 0 Å². The number of carbonyl (C=O) groups is 1.